The van der Waals surface area contributed by atoms with E-state index in [4.69, 9.17) is 4.79 Å². The van der Waals surface area contributed by atoms with Gasteiger partial charge in [0.15, 0.2) is 0 Å². The van der Waals surface area contributed by atoms with E-state index in [2.05, 4.69) is 32.9 Å². The highest BCUT2D eigenvalue weighted by Gasteiger charge is 1.72. The lowest BCUT2D eigenvalue weighted by Gasteiger charge is -1.48. The molecule has 0 amide bonds. The van der Waals surface area contributed by atoms with Crippen molar-refractivity contribution in [2.24, 2.45) is 0 Å². The molecule has 1 rings (SSSR count). The minimum absolute atomic E-state index is 0.889. The second kappa shape index (κ2) is 5.59. The van der Waals surface area contributed by atoms with Gasteiger partial charge in [-0.05, 0) is 29.3 Å². The van der Waals surface area contributed by atoms with Crippen LogP contribution in [0.1, 0.15) is 0 Å². The lowest BCUT2D eigenvalue weighted by Crippen LogP contribution is -1.46. The Bertz CT molecular complexity index is 130. The van der Waals surface area contributed by atoms with Crippen LogP contribution in [0.4, 0.5) is 4.79 Å². The average molecular weight is 168 g/mol. The third-order valence-electron chi connectivity index (χ3n) is 0.347. The number of hydrogen-bond acceptors (Lipinski definition) is 3. The van der Waals surface area contributed by atoms with Crippen LogP contribution in [0.2, 0.25) is 0 Å². The van der Waals surface area contributed by atoms with Crippen molar-refractivity contribution < 1.29 is 9.32 Å². The molecule has 3 nitrogen and oxygen atoms in total. The van der Waals surface area contributed by atoms with Gasteiger partial charge < -0.3 is 4.52 Å². The minimum Gasteiger partial charge on any atom is -0.365 e. The van der Waals surface area contributed by atoms with Gasteiger partial charge >= 0.3 is 4.70 Å². The second-order valence-electron chi connectivity index (χ2n) is 0.914. The van der Waals surface area contributed by atoms with E-state index in [0.29, 0.717) is 0 Å². The summed E-state index contributed by atoms with van der Waals surface area (Å²) < 4.78 is 3.44. The van der Waals surface area contributed by atoms with Gasteiger partial charge in [0, 0.05) is 0 Å². The maximum absolute atomic E-state index is 8.98. The monoisotopic (exact) mass is 167 g/mol. The molecule has 50 valence electrons. The summed E-state index contributed by atoms with van der Waals surface area (Å²) in [6, 6.07) is 1.72. The number of nitrogens with zero attached hydrogens (tertiary/aromatic N) is 1. The van der Waals surface area contributed by atoms with Crippen LogP contribution >= 0.6 is 23.2 Å². The Hall–Kier alpha value is -0.540. The highest BCUT2D eigenvalue weighted by Crippen LogP contribution is 1.84. The summed E-state index contributed by atoms with van der Waals surface area (Å²) in [5, 5.41) is 3.35. The first-order valence-electron chi connectivity index (χ1n) is 1.93. The number of halogens is 2. The molecule has 0 bridgehead atoms. The van der Waals surface area contributed by atoms with Crippen LogP contribution in [0.3, 0.4) is 0 Å². The molecule has 5 heteroatoms. The van der Waals surface area contributed by atoms with Crippen molar-refractivity contribution in [2.75, 3.05) is 0 Å². The summed E-state index contributed by atoms with van der Waals surface area (Å²) in [5.74, 6) is 0. The van der Waals surface area contributed by atoms with E-state index >= 15 is 0 Å². The van der Waals surface area contributed by atoms with Crippen molar-refractivity contribution >= 4 is 27.9 Å². The zero-order valence-corrected chi connectivity index (χ0v) is 5.76. The minimum atomic E-state index is -0.889. The van der Waals surface area contributed by atoms with E-state index in [-0.39, 0.29) is 0 Å². The van der Waals surface area contributed by atoms with Gasteiger partial charge in [-0.1, -0.05) is 5.16 Å². The van der Waals surface area contributed by atoms with Crippen molar-refractivity contribution in [1.82, 2.24) is 5.16 Å². The smallest absolute Gasteiger partial charge is 0.313 e. The first-order chi connectivity index (χ1) is 4.23. The fourth-order valence-corrected chi connectivity index (χ4v) is 0.176. The van der Waals surface area contributed by atoms with Crippen LogP contribution in [0, 0.1) is 0 Å². The summed E-state index contributed by atoms with van der Waals surface area (Å²) >= 11 is 8.80. The van der Waals surface area contributed by atoms with Crippen LogP contribution in [0.5, 0.6) is 0 Å². The van der Waals surface area contributed by atoms with Gasteiger partial charge in [0.1, 0.15) is 6.26 Å². The molecule has 0 aliphatic carbocycles. The van der Waals surface area contributed by atoms with Crippen molar-refractivity contribution in [2.45, 2.75) is 0 Å². The van der Waals surface area contributed by atoms with E-state index in [1.807, 2.05) is 0 Å². The highest BCUT2D eigenvalue weighted by molar-refractivity contribution is 6.93. The van der Waals surface area contributed by atoms with Gasteiger partial charge in [-0.3, -0.25) is 4.79 Å². The van der Waals surface area contributed by atoms with E-state index in [1.54, 1.807) is 12.3 Å². The fraction of sp³-hybridized carbons (Fsp3) is 0. The topological polar surface area (TPSA) is 43.1 Å². The van der Waals surface area contributed by atoms with Crippen molar-refractivity contribution in [3.05, 3.63) is 18.5 Å². The zero-order valence-electron chi connectivity index (χ0n) is 4.25. The van der Waals surface area contributed by atoms with E-state index in [9.17, 15) is 0 Å². The second-order valence-corrected chi connectivity index (χ2v) is 1.79. The van der Waals surface area contributed by atoms with Gasteiger partial charge in [0.2, 0.25) is 0 Å². The normalized spacial score (nSPS) is 7.33. The summed E-state index contributed by atoms with van der Waals surface area (Å²) in [7, 11) is 0. The molecule has 1 aromatic heterocycles. The Kier molecular flexibility index (Phi) is 5.26. The molecule has 0 saturated heterocycles. The van der Waals surface area contributed by atoms with Crippen LogP contribution < -0.4 is 0 Å². The first kappa shape index (κ1) is 8.46. The Morgan fingerprint density at radius 2 is 2.11 bits per heavy atom. The zero-order chi connectivity index (χ0) is 7.11. The first-order valence-corrected chi connectivity index (χ1v) is 2.68. The predicted molar refractivity (Wildman–Crippen MR) is 33.6 cm³/mol. The van der Waals surface area contributed by atoms with Crippen molar-refractivity contribution in [1.29, 1.82) is 0 Å². The molecule has 0 saturated carbocycles. The SMILES string of the molecule is O=C(Cl)Cl.c1cnoc1. The number of hydrogen-bond donors (Lipinski definition) is 0. The maximum Gasteiger partial charge on any atom is 0.313 e. The Labute approximate surface area is 61.5 Å². The van der Waals surface area contributed by atoms with Crippen LogP contribution in [-0.2, 0) is 0 Å². The van der Waals surface area contributed by atoms with E-state index < -0.39 is 4.70 Å². The number of rotatable bonds is 0. The Morgan fingerprint density at radius 1 is 1.56 bits per heavy atom. The quantitative estimate of drug-likeness (QED) is 0.558. The molecule has 0 spiro atoms. The maximum atomic E-state index is 8.98. The standard InChI is InChI=1S/C3H3NO.CCl2O/c1-2-4-5-3-1;2-1(3)4/h1-3H;. The Morgan fingerprint density at radius 3 is 2.22 bits per heavy atom. The summed E-state index contributed by atoms with van der Waals surface area (Å²) in [5.41, 5.74) is 0. The molecular weight excluding hydrogens is 165 g/mol. The lowest BCUT2D eigenvalue weighted by molar-refractivity contribution is 0.275. The van der Waals surface area contributed by atoms with Gasteiger partial charge in [-0.2, -0.15) is 0 Å². The number of carbonyl (C=O) groups excluding carboxylic acids is 1. The lowest BCUT2D eigenvalue weighted by atomic mass is 10.8. The molecule has 0 aromatic carbocycles. The molecule has 0 aliphatic rings. The van der Waals surface area contributed by atoms with Crippen molar-refractivity contribution in [3.8, 4) is 0 Å². The van der Waals surface area contributed by atoms with Gasteiger partial charge in [-0.15, -0.1) is 0 Å². The number of aromatic nitrogens is 1. The molecule has 0 radical (unpaired) electrons. The molecule has 1 aromatic rings. The highest BCUT2D eigenvalue weighted by atomic mass is 35.5. The molecular formula is C4H3Cl2NO2. The van der Waals surface area contributed by atoms with E-state index in [0.717, 1.165) is 0 Å². The molecule has 0 N–H and O–H groups in total. The molecule has 9 heavy (non-hydrogen) atoms. The summed E-state index contributed by atoms with van der Waals surface area (Å²) in [6.45, 7) is 0. The third-order valence-corrected chi connectivity index (χ3v) is 0.347. The molecule has 0 fully saturated rings. The molecule has 0 unspecified atom stereocenters. The van der Waals surface area contributed by atoms with Gasteiger partial charge in [0.05, 0.1) is 6.20 Å². The summed E-state index contributed by atoms with van der Waals surface area (Å²) in [6.07, 6.45) is 3.10. The fourth-order valence-electron chi connectivity index (χ4n) is 0.176. The van der Waals surface area contributed by atoms with Gasteiger partial charge in [0.25, 0.3) is 0 Å². The average Bonchev–Trinajstić information content (AvgIpc) is 2.11. The van der Waals surface area contributed by atoms with Gasteiger partial charge in [-0.25, -0.2) is 0 Å². The van der Waals surface area contributed by atoms with Crippen LogP contribution in [0.25, 0.3) is 0 Å². The van der Waals surface area contributed by atoms with Crippen molar-refractivity contribution in [3.63, 3.8) is 0 Å². The number of carbonyl (C=O) groups is 1. The van der Waals surface area contributed by atoms with E-state index in [1.165, 1.54) is 6.26 Å². The molecule has 0 aliphatic heterocycles. The third kappa shape index (κ3) is 11.2. The van der Waals surface area contributed by atoms with Crippen LogP contribution in [-0.4, -0.2) is 9.86 Å². The molecule has 0 atom stereocenters. The summed E-state index contributed by atoms with van der Waals surface area (Å²) in [4.78, 5) is 8.98. The Balaban J connectivity index is 0.000000148. The largest absolute Gasteiger partial charge is 0.365 e. The van der Waals surface area contributed by atoms with Crippen LogP contribution in [0.15, 0.2) is 23.0 Å². The molecule has 1 heterocycles. The predicted octanol–water partition coefficient (Wildman–Crippen LogP) is 2.26.